The van der Waals surface area contributed by atoms with Crippen LogP contribution < -0.4 is 4.74 Å². The van der Waals surface area contributed by atoms with Crippen molar-refractivity contribution in [3.8, 4) is 5.75 Å². The monoisotopic (exact) mass is 276 g/mol. The van der Waals surface area contributed by atoms with Gasteiger partial charge in [-0.1, -0.05) is 11.6 Å². The molecule has 1 aliphatic heterocycles. The second-order valence-electron chi connectivity index (χ2n) is 5.07. The van der Waals surface area contributed by atoms with E-state index >= 15 is 0 Å². The molecule has 4 heteroatoms. The number of hydrogen-bond donors (Lipinski definition) is 1. The first-order valence-electron chi connectivity index (χ1n) is 6.45. The van der Waals surface area contributed by atoms with Crippen molar-refractivity contribution in [1.29, 1.82) is 0 Å². The van der Waals surface area contributed by atoms with Crippen LogP contribution in [0.2, 0.25) is 0 Å². The fourth-order valence-corrected chi connectivity index (χ4v) is 2.52. The molecule has 2 nitrogen and oxygen atoms in total. The predicted octanol–water partition coefficient (Wildman–Crippen LogP) is 3.83. The number of rotatable bonds is 1. The third-order valence-corrected chi connectivity index (χ3v) is 3.54. The molecule has 2 atom stereocenters. The summed E-state index contributed by atoms with van der Waals surface area (Å²) in [5.74, 6) is -0.737. The Hall–Kier alpha value is -1.94. The lowest BCUT2D eigenvalue weighted by atomic mass is 9.94. The van der Waals surface area contributed by atoms with Crippen LogP contribution in [0.15, 0.2) is 36.4 Å². The summed E-state index contributed by atoms with van der Waals surface area (Å²) in [6.07, 6.45) is -1.08. The van der Waals surface area contributed by atoms with Crippen LogP contribution in [0.1, 0.15) is 35.3 Å². The fourth-order valence-electron chi connectivity index (χ4n) is 2.52. The van der Waals surface area contributed by atoms with Gasteiger partial charge in [-0.25, -0.2) is 8.78 Å². The van der Waals surface area contributed by atoms with Gasteiger partial charge in [-0.2, -0.15) is 0 Å². The molecule has 2 aromatic rings. The molecule has 0 spiro atoms. The van der Waals surface area contributed by atoms with E-state index in [0.29, 0.717) is 11.3 Å². The summed E-state index contributed by atoms with van der Waals surface area (Å²) in [6.45, 7) is 1.93. The van der Waals surface area contributed by atoms with E-state index < -0.39 is 23.8 Å². The van der Waals surface area contributed by atoms with E-state index in [9.17, 15) is 13.9 Å². The van der Waals surface area contributed by atoms with E-state index in [2.05, 4.69) is 0 Å². The first-order chi connectivity index (χ1) is 9.54. The van der Waals surface area contributed by atoms with E-state index in [-0.39, 0.29) is 12.0 Å². The van der Waals surface area contributed by atoms with Crippen molar-refractivity contribution in [1.82, 2.24) is 0 Å². The minimum atomic E-state index is -0.715. The zero-order valence-electron chi connectivity index (χ0n) is 10.9. The van der Waals surface area contributed by atoms with E-state index in [0.717, 1.165) is 11.6 Å². The first kappa shape index (κ1) is 13.1. The smallest absolute Gasteiger partial charge is 0.133 e. The van der Waals surface area contributed by atoms with Crippen LogP contribution in [0.3, 0.4) is 0 Å². The molecular formula is C16H14F2O2. The average Bonchev–Trinajstić information content (AvgIpc) is 2.39. The molecule has 0 bridgehead atoms. The van der Waals surface area contributed by atoms with Crippen LogP contribution in [0, 0.1) is 18.6 Å². The number of aliphatic hydroxyl groups is 1. The van der Waals surface area contributed by atoms with Crippen molar-refractivity contribution in [2.75, 3.05) is 0 Å². The lowest BCUT2D eigenvalue weighted by Crippen LogP contribution is -2.20. The Morgan fingerprint density at radius 3 is 2.65 bits per heavy atom. The van der Waals surface area contributed by atoms with Crippen LogP contribution in [0.25, 0.3) is 0 Å². The third-order valence-electron chi connectivity index (χ3n) is 3.54. The highest BCUT2D eigenvalue weighted by Crippen LogP contribution is 2.41. The Morgan fingerprint density at radius 2 is 1.90 bits per heavy atom. The lowest BCUT2D eigenvalue weighted by Gasteiger charge is -2.30. The van der Waals surface area contributed by atoms with Crippen molar-refractivity contribution < 1.29 is 18.6 Å². The summed E-state index contributed by atoms with van der Waals surface area (Å²) in [4.78, 5) is 0. The molecule has 0 fully saturated rings. The number of halogens is 2. The van der Waals surface area contributed by atoms with Gasteiger partial charge in [-0.3, -0.25) is 0 Å². The highest BCUT2D eigenvalue weighted by molar-refractivity contribution is 5.41. The maximum atomic E-state index is 13.8. The second-order valence-corrected chi connectivity index (χ2v) is 5.07. The molecule has 104 valence electrons. The Labute approximate surface area is 115 Å². The van der Waals surface area contributed by atoms with Gasteiger partial charge in [-0.05, 0) is 31.2 Å². The van der Waals surface area contributed by atoms with Crippen molar-refractivity contribution >= 4 is 0 Å². The minimum Gasteiger partial charge on any atom is -0.485 e. The molecule has 0 radical (unpaired) electrons. The zero-order valence-corrected chi connectivity index (χ0v) is 10.9. The van der Waals surface area contributed by atoms with E-state index in [1.54, 1.807) is 6.07 Å². The number of aryl methyl sites for hydroxylation is 1. The number of aliphatic hydroxyl groups excluding tert-OH is 1. The summed E-state index contributed by atoms with van der Waals surface area (Å²) >= 11 is 0. The molecule has 1 heterocycles. The summed E-state index contributed by atoms with van der Waals surface area (Å²) < 4.78 is 32.5. The van der Waals surface area contributed by atoms with Crippen LogP contribution in [-0.2, 0) is 0 Å². The highest BCUT2D eigenvalue weighted by atomic mass is 19.1. The number of benzene rings is 2. The first-order valence-corrected chi connectivity index (χ1v) is 6.45. The molecule has 0 aromatic heterocycles. The minimum absolute atomic E-state index is 0.249. The van der Waals surface area contributed by atoms with Gasteiger partial charge in [-0.15, -0.1) is 0 Å². The molecule has 20 heavy (non-hydrogen) atoms. The van der Waals surface area contributed by atoms with Crippen molar-refractivity contribution in [3.05, 3.63) is 64.7 Å². The standard InChI is InChI=1S/C16H14F2O2/c1-9-2-5-15-12(6-9)14(19)8-16(20-15)11-4-3-10(17)7-13(11)18/h2-7,14,16,19H,8H2,1H3. The Kier molecular flexibility index (Phi) is 3.18. The van der Waals surface area contributed by atoms with Crippen molar-refractivity contribution in [3.63, 3.8) is 0 Å². The molecule has 0 saturated heterocycles. The Morgan fingerprint density at radius 1 is 1.10 bits per heavy atom. The largest absolute Gasteiger partial charge is 0.485 e. The van der Waals surface area contributed by atoms with E-state index in [4.69, 9.17) is 4.74 Å². The average molecular weight is 276 g/mol. The van der Waals surface area contributed by atoms with Crippen LogP contribution in [0.5, 0.6) is 5.75 Å². The molecular weight excluding hydrogens is 262 g/mol. The SMILES string of the molecule is Cc1ccc2c(c1)C(O)CC(c1ccc(F)cc1F)O2. The van der Waals surface area contributed by atoms with E-state index in [1.165, 1.54) is 12.1 Å². The number of ether oxygens (including phenoxy) is 1. The zero-order chi connectivity index (χ0) is 14.3. The molecule has 0 amide bonds. The van der Waals surface area contributed by atoms with Gasteiger partial charge in [0.15, 0.2) is 0 Å². The number of hydrogen-bond acceptors (Lipinski definition) is 2. The Balaban J connectivity index is 1.97. The summed E-state index contributed by atoms with van der Waals surface area (Å²) in [6, 6.07) is 8.88. The molecule has 0 saturated carbocycles. The van der Waals surface area contributed by atoms with Gasteiger partial charge in [0.25, 0.3) is 0 Å². The van der Waals surface area contributed by atoms with Crippen LogP contribution in [0.4, 0.5) is 8.78 Å². The molecule has 0 aliphatic carbocycles. The molecule has 1 aliphatic rings. The van der Waals surface area contributed by atoms with Gasteiger partial charge >= 0.3 is 0 Å². The van der Waals surface area contributed by atoms with E-state index in [1.807, 2.05) is 19.1 Å². The van der Waals surface area contributed by atoms with Crippen molar-refractivity contribution in [2.45, 2.75) is 25.6 Å². The molecule has 2 aromatic carbocycles. The van der Waals surface area contributed by atoms with Gasteiger partial charge in [0, 0.05) is 23.6 Å². The van der Waals surface area contributed by atoms with Gasteiger partial charge in [0.05, 0.1) is 6.10 Å². The number of fused-ring (bicyclic) bond motifs is 1. The summed E-state index contributed by atoms with van der Waals surface area (Å²) in [5, 5.41) is 10.2. The van der Waals surface area contributed by atoms with Crippen molar-refractivity contribution in [2.24, 2.45) is 0 Å². The predicted molar refractivity (Wildman–Crippen MR) is 70.5 cm³/mol. The van der Waals surface area contributed by atoms with Gasteiger partial charge in [0.2, 0.25) is 0 Å². The topological polar surface area (TPSA) is 29.5 Å². The van der Waals surface area contributed by atoms with Gasteiger partial charge in [0.1, 0.15) is 23.5 Å². The van der Waals surface area contributed by atoms with Gasteiger partial charge < -0.3 is 9.84 Å². The third kappa shape index (κ3) is 2.27. The molecule has 3 rings (SSSR count). The quantitative estimate of drug-likeness (QED) is 0.857. The highest BCUT2D eigenvalue weighted by Gasteiger charge is 2.29. The second kappa shape index (κ2) is 4.87. The van der Waals surface area contributed by atoms with Crippen LogP contribution in [-0.4, -0.2) is 5.11 Å². The summed E-state index contributed by atoms with van der Waals surface area (Å²) in [5.41, 5.74) is 2.00. The molecule has 1 N–H and O–H groups in total. The maximum absolute atomic E-state index is 13.8. The maximum Gasteiger partial charge on any atom is 0.133 e. The molecule has 2 unspecified atom stereocenters. The lowest BCUT2D eigenvalue weighted by molar-refractivity contribution is 0.0639. The Bertz CT molecular complexity index is 655. The normalized spacial score (nSPS) is 21.2. The summed E-state index contributed by atoms with van der Waals surface area (Å²) in [7, 11) is 0. The fraction of sp³-hybridized carbons (Fsp3) is 0.250. The van der Waals surface area contributed by atoms with Crippen LogP contribution >= 0.6 is 0 Å².